The molecule has 3 unspecified atom stereocenters. The van der Waals surface area contributed by atoms with Crippen molar-refractivity contribution >= 4 is 0 Å². The van der Waals surface area contributed by atoms with Crippen LogP contribution in [0, 0.1) is 11.8 Å². The maximum Gasteiger partial charge on any atom is 0.0835 e. The van der Waals surface area contributed by atoms with E-state index in [2.05, 4.69) is 32.9 Å². The fourth-order valence-electron chi connectivity index (χ4n) is 2.34. The molecule has 1 rings (SSSR count). The molecule has 2 heteroatoms. The van der Waals surface area contributed by atoms with Crippen molar-refractivity contribution < 1.29 is 9.84 Å². The lowest BCUT2D eigenvalue weighted by Gasteiger charge is -2.22. The zero-order valence-corrected chi connectivity index (χ0v) is 11.8. The van der Waals surface area contributed by atoms with E-state index in [0.717, 1.165) is 25.9 Å². The Kier molecular flexibility index (Phi) is 5.68. The van der Waals surface area contributed by atoms with E-state index >= 15 is 0 Å². The van der Waals surface area contributed by atoms with E-state index in [4.69, 9.17) is 4.74 Å². The van der Waals surface area contributed by atoms with Crippen molar-refractivity contribution in [2.45, 2.75) is 65.1 Å². The van der Waals surface area contributed by atoms with Gasteiger partial charge in [-0.15, -0.1) is 0 Å². The Morgan fingerprint density at radius 2 is 2.00 bits per heavy atom. The van der Waals surface area contributed by atoms with Crippen LogP contribution in [0.15, 0.2) is 12.2 Å². The van der Waals surface area contributed by atoms with Crippen molar-refractivity contribution in [2.24, 2.45) is 11.8 Å². The third-order valence-electron chi connectivity index (χ3n) is 3.72. The van der Waals surface area contributed by atoms with Gasteiger partial charge in [-0.2, -0.15) is 0 Å². The second kappa shape index (κ2) is 6.55. The zero-order chi connectivity index (χ0) is 12.9. The Morgan fingerprint density at radius 1 is 1.29 bits per heavy atom. The van der Waals surface area contributed by atoms with E-state index in [1.54, 1.807) is 0 Å². The summed E-state index contributed by atoms with van der Waals surface area (Å²) in [6.07, 6.45) is 8.59. The average Bonchev–Trinajstić information content (AvgIpc) is 2.64. The van der Waals surface area contributed by atoms with Gasteiger partial charge in [0.25, 0.3) is 0 Å². The smallest absolute Gasteiger partial charge is 0.0835 e. The molecule has 0 radical (unpaired) electrons. The van der Waals surface area contributed by atoms with Crippen LogP contribution in [-0.2, 0) is 4.74 Å². The number of allylic oxidation sites excluding steroid dienone is 1. The average molecular weight is 240 g/mol. The molecule has 0 aromatic heterocycles. The normalized spacial score (nSPS) is 29.1. The Hall–Kier alpha value is -0.340. The molecule has 0 bridgehead atoms. The van der Waals surface area contributed by atoms with Gasteiger partial charge in [0.2, 0.25) is 0 Å². The van der Waals surface area contributed by atoms with Crippen LogP contribution in [-0.4, -0.2) is 23.4 Å². The number of aliphatic hydroxyl groups is 1. The lowest BCUT2D eigenvalue weighted by atomic mass is 9.88. The largest absolute Gasteiger partial charge is 0.393 e. The van der Waals surface area contributed by atoms with Crippen LogP contribution in [0.5, 0.6) is 0 Å². The summed E-state index contributed by atoms with van der Waals surface area (Å²) in [5.74, 6) is 1.17. The van der Waals surface area contributed by atoms with Crippen LogP contribution in [0.4, 0.5) is 0 Å². The van der Waals surface area contributed by atoms with Gasteiger partial charge in [-0.1, -0.05) is 26.0 Å². The molecule has 3 atom stereocenters. The summed E-state index contributed by atoms with van der Waals surface area (Å²) in [6, 6.07) is 0. The van der Waals surface area contributed by atoms with Crippen molar-refractivity contribution in [1.82, 2.24) is 0 Å². The van der Waals surface area contributed by atoms with E-state index in [1.807, 2.05) is 6.92 Å². The molecule has 0 aromatic carbocycles. The van der Waals surface area contributed by atoms with E-state index < -0.39 is 0 Å². The van der Waals surface area contributed by atoms with Crippen LogP contribution < -0.4 is 0 Å². The van der Waals surface area contributed by atoms with Crippen molar-refractivity contribution in [1.29, 1.82) is 0 Å². The molecule has 0 amide bonds. The Labute approximate surface area is 106 Å². The summed E-state index contributed by atoms with van der Waals surface area (Å²) in [4.78, 5) is 0. The van der Waals surface area contributed by atoms with Crippen molar-refractivity contribution in [3.63, 3.8) is 0 Å². The van der Waals surface area contributed by atoms with E-state index in [-0.39, 0.29) is 11.7 Å². The highest BCUT2D eigenvalue weighted by Crippen LogP contribution is 2.28. The van der Waals surface area contributed by atoms with Gasteiger partial charge in [-0.3, -0.25) is 0 Å². The predicted octanol–water partition coefficient (Wildman–Crippen LogP) is 3.54. The van der Waals surface area contributed by atoms with Gasteiger partial charge < -0.3 is 9.84 Å². The summed E-state index contributed by atoms with van der Waals surface area (Å²) in [5, 5.41) is 9.36. The van der Waals surface area contributed by atoms with Crippen LogP contribution >= 0.6 is 0 Å². The standard InChI is InChI=1S/C15H28O2/c1-12(2)14(7-6-13(3)16)8-10-15(4)9-5-11-17-15/h8,10,12-14,16H,5-7,9,11H2,1-4H3. The fraction of sp³-hybridized carbons (Fsp3) is 0.867. The van der Waals surface area contributed by atoms with Gasteiger partial charge in [0.15, 0.2) is 0 Å². The minimum atomic E-state index is -0.192. The first-order valence-corrected chi connectivity index (χ1v) is 6.94. The van der Waals surface area contributed by atoms with Crippen LogP contribution in [0.1, 0.15) is 53.4 Å². The minimum Gasteiger partial charge on any atom is -0.393 e. The SMILES string of the molecule is CC(O)CCC(C=CC1(C)CCCO1)C(C)C. The molecule has 1 heterocycles. The molecule has 1 aliphatic rings. The summed E-state index contributed by atoms with van der Waals surface area (Å²) < 4.78 is 5.76. The first-order chi connectivity index (χ1) is 7.93. The predicted molar refractivity (Wildman–Crippen MR) is 72.0 cm³/mol. The second-order valence-corrected chi connectivity index (χ2v) is 5.96. The summed E-state index contributed by atoms with van der Waals surface area (Å²) in [7, 11) is 0. The molecule has 100 valence electrons. The monoisotopic (exact) mass is 240 g/mol. The lowest BCUT2D eigenvalue weighted by Crippen LogP contribution is -2.20. The number of aliphatic hydroxyl groups excluding tert-OH is 1. The van der Waals surface area contributed by atoms with E-state index in [9.17, 15) is 5.11 Å². The van der Waals surface area contributed by atoms with Crippen molar-refractivity contribution in [2.75, 3.05) is 6.61 Å². The quantitative estimate of drug-likeness (QED) is 0.720. The van der Waals surface area contributed by atoms with Gasteiger partial charge in [-0.25, -0.2) is 0 Å². The topological polar surface area (TPSA) is 29.5 Å². The Morgan fingerprint density at radius 3 is 2.47 bits per heavy atom. The van der Waals surface area contributed by atoms with Gasteiger partial charge in [-0.05, 0) is 51.4 Å². The van der Waals surface area contributed by atoms with E-state index in [1.165, 1.54) is 6.42 Å². The Bertz CT molecular complexity index is 237. The molecule has 1 aliphatic heterocycles. The van der Waals surface area contributed by atoms with Crippen LogP contribution in [0.25, 0.3) is 0 Å². The molecule has 2 nitrogen and oxygen atoms in total. The Balaban J connectivity index is 2.50. The van der Waals surface area contributed by atoms with Gasteiger partial charge >= 0.3 is 0 Å². The highest BCUT2D eigenvalue weighted by atomic mass is 16.5. The summed E-state index contributed by atoms with van der Waals surface area (Å²) in [6.45, 7) is 9.41. The summed E-state index contributed by atoms with van der Waals surface area (Å²) in [5.41, 5.74) is -0.0437. The maximum absolute atomic E-state index is 9.36. The molecule has 0 spiro atoms. The molecule has 0 aromatic rings. The number of hydrogen-bond acceptors (Lipinski definition) is 2. The molecule has 1 fully saturated rings. The number of ether oxygens (including phenoxy) is 1. The van der Waals surface area contributed by atoms with Crippen LogP contribution in [0.3, 0.4) is 0 Å². The van der Waals surface area contributed by atoms with Crippen LogP contribution in [0.2, 0.25) is 0 Å². The molecular weight excluding hydrogens is 212 g/mol. The maximum atomic E-state index is 9.36. The highest BCUT2D eigenvalue weighted by Gasteiger charge is 2.27. The van der Waals surface area contributed by atoms with Gasteiger partial charge in [0, 0.05) is 6.61 Å². The first kappa shape index (κ1) is 14.7. The number of rotatable bonds is 6. The molecule has 1 saturated heterocycles. The van der Waals surface area contributed by atoms with Crippen molar-refractivity contribution in [3.05, 3.63) is 12.2 Å². The molecular formula is C15H28O2. The summed E-state index contributed by atoms with van der Waals surface area (Å²) >= 11 is 0. The lowest BCUT2D eigenvalue weighted by molar-refractivity contribution is 0.0606. The number of hydrogen-bond donors (Lipinski definition) is 1. The minimum absolute atomic E-state index is 0.0437. The first-order valence-electron chi connectivity index (χ1n) is 6.94. The third-order valence-corrected chi connectivity index (χ3v) is 3.72. The fourth-order valence-corrected chi connectivity index (χ4v) is 2.34. The third kappa shape index (κ3) is 5.22. The second-order valence-electron chi connectivity index (χ2n) is 5.96. The molecule has 17 heavy (non-hydrogen) atoms. The van der Waals surface area contributed by atoms with Gasteiger partial charge in [0.1, 0.15) is 0 Å². The zero-order valence-electron chi connectivity index (χ0n) is 11.8. The highest BCUT2D eigenvalue weighted by molar-refractivity contribution is 5.04. The molecule has 0 saturated carbocycles. The van der Waals surface area contributed by atoms with Crippen molar-refractivity contribution in [3.8, 4) is 0 Å². The van der Waals surface area contributed by atoms with Gasteiger partial charge in [0.05, 0.1) is 11.7 Å². The molecule has 0 aliphatic carbocycles. The molecule has 1 N–H and O–H groups in total. The van der Waals surface area contributed by atoms with E-state index in [0.29, 0.717) is 11.8 Å².